The van der Waals surface area contributed by atoms with Crippen molar-refractivity contribution in [2.45, 2.75) is 4.90 Å². The summed E-state index contributed by atoms with van der Waals surface area (Å²) in [7, 11) is -2.17. The quantitative estimate of drug-likeness (QED) is 0.460. The maximum absolute atomic E-state index is 11.8. The Balaban J connectivity index is 2.59. The van der Waals surface area contributed by atoms with Crippen LogP contribution in [0.1, 0.15) is 20.7 Å². The van der Waals surface area contributed by atoms with Gasteiger partial charge in [-0.15, -0.1) is 0 Å². The van der Waals surface area contributed by atoms with Gasteiger partial charge in [0.25, 0.3) is 0 Å². The van der Waals surface area contributed by atoms with Crippen LogP contribution in [0.5, 0.6) is 11.5 Å². The van der Waals surface area contributed by atoms with Crippen molar-refractivity contribution in [2.24, 2.45) is 0 Å². The molecule has 0 saturated heterocycles. The van der Waals surface area contributed by atoms with Gasteiger partial charge in [-0.3, -0.25) is 0 Å². The summed E-state index contributed by atoms with van der Waals surface area (Å²) >= 11 is 0.346. The van der Waals surface area contributed by atoms with Gasteiger partial charge in [0.15, 0.2) is 0 Å². The van der Waals surface area contributed by atoms with E-state index in [1.54, 1.807) is 12.1 Å². The molecule has 0 fully saturated rings. The standard InChI is InChI=1S/C16H13O8S.Na/c1-22-15(17)10-7-11(16(18)23-2)9-12(8-10)24-13-5-3-4-6-14(13)25(19,20)21;/h3-5,7-9H,1-2H3,(H,19,20,21);. The first-order valence-corrected chi connectivity index (χ1v) is 9.68. The minimum atomic E-state index is -4.52. The first-order valence-electron chi connectivity index (χ1n) is 7.24. The summed E-state index contributed by atoms with van der Waals surface area (Å²) < 4.78 is 48.0. The van der Waals surface area contributed by atoms with E-state index in [0.29, 0.717) is 30.7 Å². The zero-order valence-electron chi connectivity index (χ0n) is 14.2. The average molecular weight is 388 g/mol. The Hall–Kier alpha value is -1.91. The second-order valence-corrected chi connectivity index (χ2v) is 7.64. The van der Waals surface area contributed by atoms with Crippen molar-refractivity contribution >= 4 is 52.8 Å². The molecule has 0 amide bonds. The van der Waals surface area contributed by atoms with Crippen molar-refractivity contribution in [3.8, 4) is 11.5 Å². The van der Waals surface area contributed by atoms with Crippen LogP contribution in [0.15, 0.2) is 41.3 Å². The van der Waals surface area contributed by atoms with E-state index < -0.39 is 22.1 Å². The summed E-state index contributed by atoms with van der Waals surface area (Å²) in [5, 5.41) is 0. The van der Waals surface area contributed by atoms with Crippen LogP contribution in [0, 0.1) is 0 Å². The van der Waals surface area contributed by atoms with Gasteiger partial charge >= 0.3 is 168 Å². The maximum atomic E-state index is 11.8. The summed E-state index contributed by atoms with van der Waals surface area (Å²) in [5.41, 5.74) is 0.0293. The molecule has 8 nitrogen and oxygen atoms in total. The van der Waals surface area contributed by atoms with Gasteiger partial charge < -0.3 is 0 Å². The molecule has 0 atom stereocenters. The molecule has 0 saturated carbocycles. The third kappa shape index (κ3) is 4.63. The molecule has 0 radical (unpaired) electrons. The van der Waals surface area contributed by atoms with Gasteiger partial charge in [0.2, 0.25) is 0 Å². The molecule has 26 heavy (non-hydrogen) atoms. The fraction of sp³-hybridized carbons (Fsp3) is 0.125. The summed E-state index contributed by atoms with van der Waals surface area (Å²) in [6.45, 7) is 0. The monoisotopic (exact) mass is 388 g/mol. The molecular formula is C16H13NaO8S. The number of esters is 2. The molecule has 2 aromatic carbocycles. The van der Waals surface area contributed by atoms with Crippen molar-refractivity contribution in [3.05, 3.63) is 47.5 Å². The van der Waals surface area contributed by atoms with Gasteiger partial charge in [-0.2, -0.15) is 0 Å². The predicted molar refractivity (Wildman–Crippen MR) is 90.8 cm³/mol. The van der Waals surface area contributed by atoms with Crippen LogP contribution in [-0.2, 0) is 19.6 Å². The number of rotatable bonds is 5. The molecule has 0 unspecified atom stereocenters. The van der Waals surface area contributed by atoms with Crippen LogP contribution in [0.4, 0.5) is 0 Å². The third-order valence-electron chi connectivity index (χ3n) is 3.41. The van der Waals surface area contributed by atoms with Crippen molar-refractivity contribution in [2.75, 3.05) is 14.2 Å². The van der Waals surface area contributed by atoms with Gasteiger partial charge in [-0.05, 0) is 0 Å². The van der Waals surface area contributed by atoms with Crippen LogP contribution < -0.4 is 7.55 Å². The number of hydrogen-bond donors (Lipinski definition) is 1. The number of methoxy groups -OCH3 is 2. The Bertz CT molecular complexity index is 934. The van der Waals surface area contributed by atoms with Crippen molar-refractivity contribution in [1.29, 1.82) is 0 Å². The Morgan fingerprint density at radius 2 is 1.54 bits per heavy atom. The number of carbonyl (C=O) groups excluding carboxylic acids is 2. The normalized spacial score (nSPS) is 11.0. The van der Waals surface area contributed by atoms with E-state index in [4.69, 9.17) is 4.74 Å². The average Bonchev–Trinajstić information content (AvgIpc) is 2.58. The molecule has 0 aliphatic heterocycles. The predicted octanol–water partition coefficient (Wildman–Crippen LogP) is 1.09. The van der Waals surface area contributed by atoms with Crippen LogP contribution in [0.3, 0.4) is 0 Å². The molecule has 2 aromatic rings. The zero-order valence-corrected chi connectivity index (χ0v) is 17.0. The van der Waals surface area contributed by atoms with Gasteiger partial charge in [0.05, 0.1) is 0 Å². The SMILES string of the molecule is COC(=O)c1cc(Oc2ccc[c]([Na])c2S(=O)(=O)O)cc(C(=O)OC)c1. The Morgan fingerprint density at radius 1 is 1.00 bits per heavy atom. The van der Waals surface area contributed by atoms with Crippen molar-refractivity contribution in [3.63, 3.8) is 0 Å². The molecule has 132 valence electrons. The van der Waals surface area contributed by atoms with Crippen molar-refractivity contribution < 1.29 is 36.8 Å². The summed E-state index contributed by atoms with van der Waals surface area (Å²) in [6.07, 6.45) is 0. The molecule has 1 N–H and O–H groups in total. The van der Waals surface area contributed by atoms with Gasteiger partial charge in [-0.25, -0.2) is 0 Å². The zero-order chi connectivity index (χ0) is 19.5. The first kappa shape index (κ1) is 20.4. The molecule has 0 aliphatic rings. The van der Waals surface area contributed by atoms with E-state index in [0.717, 1.165) is 0 Å². The van der Waals surface area contributed by atoms with Gasteiger partial charge in [-0.1, -0.05) is 0 Å². The topological polar surface area (TPSA) is 116 Å². The van der Waals surface area contributed by atoms with E-state index in [-0.39, 0.29) is 27.5 Å². The van der Waals surface area contributed by atoms with Gasteiger partial charge in [0, 0.05) is 0 Å². The number of ether oxygens (including phenoxy) is 3. The van der Waals surface area contributed by atoms with E-state index in [2.05, 4.69) is 9.47 Å². The van der Waals surface area contributed by atoms with E-state index in [1.807, 2.05) is 0 Å². The number of benzene rings is 2. The fourth-order valence-corrected chi connectivity index (χ4v) is 4.34. The number of hydrogen-bond acceptors (Lipinski definition) is 7. The van der Waals surface area contributed by atoms with Crippen LogP contribution in [0.25, 0.3) is 0 Å². The molecule has 0 spiro atoms. The minimum absolute atomic E-state index is 0.00506. The molecule has 0 aliphatic carbocycles. The number of carbonyl (C=O) groups is 2. The van der Waals surface area contributed by atoms with Gasteiger partial charge in [0.1, 0.15) is 0 Å². The fourth-order valence-electron chi connectivity index (χ4n) is 2.29. The second-order valence-electron chi connectivity index (χ2n) is 5.21. The van der Waals surface area contributed by atoms with E-state index in [9.17, 15) is 22.6 Å². The van der Waals surface area contributed by atoms with Crippen LogP contribution in [0.2, 0.25) is 0 Å². The Labute approximate surface area is 167 Å². The molecular weight excluding hydrogens is 375 g/mol. The third-order valence-corrected chi connectivity index (χ3v) is 5.65. The summed E-state index contributed by atoms with van der Waals surface area (Å²) in [6, 6.07) is 8.30. The summed E-state index contributed by atoms with van der Waals surface area (Å²) in [5.74, 6) is -1.55. The first-order chi connectivity index (χ1) is 12.2. The van der Waals surface area contributed by atoms with E-state index >= 15 is 0 Å². The second kappa shape index (κ2) is 8.19. The Morgan fingerprint density at radius 3 is 2.00 bits per heavy atom. The molecule has 0 aromatic heterocycles. The Kier molecular flexibility index (Phi) is 6.43. The summed E-state index contributed by atoms with van der Waals surface area (Å²) in [4.78, 5) is 23.3. The molecule has 0 bridgehead atoms. The molecule has 10 heteroatoms. The van der Waals surface area contributed by atoms with Crippen molar-refractivity contribution in [1.82, 2.24) is 0 Å². The molecule has 2 rings (SSSR count). The van der Waals surface area contributed by atoms with Crippen LogP contribution in [-0.4, -0.2) is 67.1 Å². The molecule has 0 heterocycles. The van der Waals surface area contributed by atoms with Crippen LogP contribution >= 0.6 is 0 Å². The van der Waals surface area contributed by atoms with E-state index in [1.165, 1.54) is 38.5 Å².